The molecule has 0 saturated heterocycles. The molecule has 1 amide bonds. The molecular formula is C14H16N2O3S2. The fraction of sp³-hybridized carbons (Fsp3) is 0.214. The zero-order chi connectivity index (χ0) is 15.6. The lowest BCUT2D eigenvalue weighted by atomic mass is 10.1. The Kier molecular flexibility index (Phi) is 4.46. The Labute approximate surface area is 128 Å². The molecule has 0 aliphatic carbocycles. The van der Waals surface area contributed by atoms with Crippen LogP contribution in [-0.2, 0) is 16.6 Å². The van der Waals surface area contributed by atoms with Crippen molar-refractivity contribution in [2.24, 2.45) is 5.14 Å². The highest BCUT2D eigenvalue weighted by Gasteiger charge is 2.16. The van der Waals surface area contributed by atoms with Gasteiger partial charge in [0.25, 0.3) is 5.91 Å². The van der Waals surface area contributed by atoms with Gasteiger partial charge < -0.3 is 4.90 Å². The van der Waals surface area contributed by atoms with Crippen molar-refractivity contribution >= 4 is 27.3 Å². The summed E-state index contributed by atoms with van der Waals surface area (Å²) in [5, 5.41) is 9.05. The maximum Gasteiger partial charge on any atom is 0.253 e. The van der Waals surface area contributed by atoms with E-state index in [1.807, 2.05) is 16.8 Å². The Morgan fingerprint density at radius 2 is 2.05 bits per heavy atom. The quantitative estimate of drug-likeness (QED) is 0.933. The molecular weight excluding hydrogens is 308 g/mol. The summed E-state index contributed by atoms with van der Waals surface area (Å²) in [6, 6.07) is 6.37. The molecule has 7 heteroatoms. The molecule has 0 saturated carbocycles. The lowest BCUT2D eigenvalue weighted by Crippen LogP contribution is -2.26. The second-order valence-corrected chi connectivity index (χ2v) is 7.13. The van der Waals surface area contributed by atoms with Gasteiger partial charge in [-0.25, -0.2) is 13.6 Å². The van der Waals surface area contributed by atoms with Crippen molar-refractivity contribution in [2.45, 2.75) is 18.4 Å². The molecule has 112 valence electrons. The molecule has 1 aromatic carbocycles. The topological polar surface area (TPSA) is 80.5 Å². The van der Waals surface area contributed by atoms with Crippen LogP contribution in [0.5, 0.6) is 0 Å². The Morgan fingerprint density at radius 1 is 1.33 bits per heavy atom. The number of nitrogens with zero attached hydrogens (tertiary/aromatic N) is 1. The predicted molar refractivity (Wildman–Crippen MR) is 82.7 cm³/mol. The van der Waals surface area contributed by atoms with Crippen LogP contribution in [0.1, 0.15) is 21.5 Å². The van der Waals surface area contributed by atoms with Crippen LogP contribution < -0.4 is 5.14 Å². The number of hydrogen-bond acceptors (Lipinski definition) is 4. The highest BCUT2D eigenvalue weighted by Crippen LogP contribution is 2.17. The van der Waals surface area contributed by atoms with Gasteiger partial charge in [-0.1, -0.05) is 0 Å². The molecule has 0 unspecified atom stereocenters. The summed E-state index contributed by atoms with van der Waals surface area (Å²) in [5.41, 5.74) is 1.97. The van der Waals surface area contributed by atoms with Gasteiger partial charge >= 0.3 is 0 Å². The van der Waals surface area contributed by atoms with E-state index >= 15 is 0 Å². The standard InChI is InChI=1S/C14H16N2O3S2/c1-10-7-12(3-4-13(10)21(15,18)19)14(17)16(2)8-11-5-6-20-9-11/h3-7,9H,8H2,1-2H3,(H2,15,18,19). The van der Waals surface area contributed by atoms with Crippen molar-refractivity contribution in [3.63, 3.8) is 0 Å². The first-order valence-electron chi connectivity index (χ1n) is 6.19. The summed E-state index contributed by atoms with van der Waals surface area (Å²) < 4.78 is 22.7. The minimum Gasteiger partial charge on any atom is -0.337 e. The number of hydrogen-bond donors (Lipinski definition) is 1. The lowest BCUT2D eigenvalue weighted by Gasteiger charge is -2.17. The Hall–Kier alpha value is -1.70. The molecule has 0 radical (unpaired) electrons. The largest absolute Gasteiger partial charge is 0.337 e. The molecule has 0 bridgehead atoms. The summed E-state index contributed by atoms with van der Waals surface area (Å²) in [6.45, 7) is 2.13. The molecule has 1 heterocycles. The summed E-state index contributed by atoms with van der Waals surface area (Å²) in [6.07, 6.45) is 0. The highest BCUT2D eigenvalue weighted by molar-refractivity contribution is 7.89. The van der Waals surface area contributed by atoms with E-state index in [-0.39, 0.29) is 10.8 Å². The van der Waals surface area contributed by atoms with Gasteiger partial charge in [0.2, 0.25) is 10.0 Å². The van der Waals surface area contributed by atoms with Crippen molar-refractivity contribution < 1.29 is 13.2 Å². The Balaban J connectivity index is 2.22. The summed E-state index contributed by atoms with van der Waals surface area (Å²) in [4.78, 5) is 14.0. The van der Waals surface area contributed by atoms with Crippen molar-refractivity contribution in [2.75, 3.05) is 7.05 Å². The van der Waals surface area contributed by atoms with Crippen LogP contribution >= 0.6 is 11.3 Å². The van der Waals surface area contributed by atoms with Gasteiger partial charge in [-0.3, -0.25) is 4.79 Å². The zero-order valence-electron chi connectivity index (χ0n) is 11.7. The molecule has 0 atom stereocenters. The van der Waals surface area contributed by atoms with Crippen LogP contribution in [0.4, 0.5) is 0 Å². The molecule has 2 aromatic rings. The number of nitrogens with two attached hydrogens (primary N) is 1. The fourth-order valence-corrected chi connectivity index (χ4v) is 3.48. The average molecular weight is 324 g/mol. The number of benzene rings is 1. The lowest BCUT2D eigenvalue weighted by molar-refractivity contribution is 0.0785. The maximum absolute atomic E-state index is 12.3. The van der Waals surface area contributed by atoms with Crippen molar-refractivity contribution in [1.29, 1.82) is 0 Å². The van der Waals surface area contributed by atoms with Gasteiger partial charge in [0.1, 0.15) is 0 Å². The van der Waals surface area contributed by atoms with Crippen LogP contribution in [0, 0.1) is 6.92 Å². The van der Waals surface area contributed by atoms with Gasteiger partial charge in [-0.15, -0.1) is 0 Å². The second kappa shape index (κ2) is 5.97. The summed E-state index contributed by atoms with van der Waals surface area (Å²) >= 11 is 1.58. The minimum atomic E-state index is -3.76. The third kappa shape index (κ3) is 3.69. The first-order chi connectivity index (χ1) is 9.79. The molecule has 2 rings (SSSR count). The number of thiophene rings is 1. The first kappa shape index (κ1) is 15.7. The van der Waals surface area contributed by atoms with E-state index in [0.29, 0.717) is 17.7 Å². The Bertz CT molecular complexity index is 753. The van der Waals surface area contributed by atoms with Gasteiger partial charge in [0.15, 0.2) is 0 Å². The minimum absolute atomic E-state index is 0.0412. The van der Waals surface area contributed by atoms with E-state index in [2.05, 4.69) is 0 Å². The number of carbonyl (C=O) groups is 1. The summed E-state index contributed by atoms with van der Waals surface area (Å²) in [5.74, 6) is -0.162. The van der Waals surface area contributed by atoms with Crippen LogP contribution in [0.15, 0.2) is 39.9 Å². The number of aryl methyl sites for hydroxylation is 1. The van der Waals surface area contributed by atoms with Crippen LogP contribution in [0.25, 0.3) is 0 Å². The number of amides is 1. The summed E-state index contributed by atoms with van der Waals surface area (Å²) in [7, 11) is -2.05. The smallest absolute Gasteiger partial charge is 0.253 e. The first-order valence-corrected chi connectivity index (χ1v) is 8.68. The normalized spacial score (nSPS) is 11.4. The number of sulfonamides is 1. The van der Waals surface area contributed by atoms with E-state index in [1.54, 1.807) is 36.3 Å². The maximum atomic E-state index is 12.3. The molecule has 1 aromatic heterocycles. The van der Waals surface area contributed by atoms with Crippen molar-refractivity contribution in [1.82, 2.24) is 4.90 Å². The van der Waals surface area contributed by atoms with Crippen molar-refractivity contribution in [3.05, 3.63) is 51.7 Å². The van der Waals surface area contributed by atoms with E-state index in [4.69, 9.17) is 5.14 Å². The highest BCUT2D eigenvalue weighted by atomic mass is 32.2. The Morgan fingerprint density at radius 3 is 2.57 bits per heavy atom. The van der Waals surface area contributed by atoms with Crippen LogP contribution in [0.2, 0.25) is 0 Å². The molecule has 0 fully saturated rings. The molecule has 5 nitrogen and oxygen atoms in total. The fourth-order valence-electron chi connectivity index (χ4n) is 2.05. The SMILES string of the molecule is Cc1cc(C(=O)N(C)Cc2ccsc2)ccc1S(N)(=O)=O. The van der Waals surface area contributed by atoms with E-state index in [1.165, 1.54) is 12.1 Å². The van der Waals surface area contributed by atoms with Gasteiger partial charge in [0.05, 0.1) is 4.90 Å². The molecule has 0 aliphatic rings. The van der Waals surface area contributed by atoms with Crippen molar-refractivity contribution in [3.8, 4) is 0 Å². The van der Waals surface area contributed by atoms with Crippen LogP contribution in [0.3, 0.4) is 0 Å². The van der Waals surface area contributed by atoms with Gasteiger partial charge in [-0.05, 0) is 53.1 Å². The molecule has 21 heavy (non-hydrogen) atoms. The van der Waals surface area contributed by atoms with E-state index in [9.17, 15) is 13.2 Å². The number of rotatable bonds is 4. The predicted octanol–water partition coefficient (Wildman–Crippen LogP) is 1.98. The van der Waals surface area contributed by atoms with E-state index < -0.39 is 10.0 Å². The number of primary sulfonamides is 1. The second-order valence-electron chi connectivity index (χ2n) is 4.82. The monoisotopic (exact) mass is 324 g/mol. The number of carbonyl (C=O) groups excluding carboxylic acids is 1. The third-order valence-electron chi connectivity index (χ3n) is 3.07. The molecule has 0 aliphatic heterocycles. The molecule has 2 N–H and O–H groups in total. The van der Waals surface area contributed by atoms with Gasteiger partial charge in [-0.2, -0.15) is 11.3 Å². The zero-order valence-corrected chi connectivity index (χ0v) is 13.4. The third-order valence-corrected chi connectivity index (χ3v) is 4.88. The molecule has 0 spiro atoms. The average Bonchev–Trinajstić information content (AvgIpc) is 2.89. The van der Waals surface area contributed by atoms with Gasteiger partial charge in [0, 0.05) is 19.2 Å². The van der Waals surface area contributed by atoms with E-state index in [0.717, 1.165) is 5.56 Å². The van der Waals surface area contributed by atoms with Crippen LogP contribution in [-0.4, -0.2) is 26.3 Å².